The van der Waals surface area contributed by atoms with Crippen molar-refractivity contribution in [2.75, 3.05) is 6.61 Å². The van der Waals surface area contributed by atoms with E-state index in [9.17, 15) is 9.90 Å². The van der Waals surface area contributed by atoms with Gasteiger partial charge in [0.1, 0.15) is 6.29 Å². The lowest BCUT2D eigenvalue weighted by Gasteiger charge is -2.35. The van der Waals surface area contributed by atoms with Gasteiger partial charge in [-0.15, -0.1) is 0 Å². The first-order valence-corrected chi connectivity index (χ1v) is 4.48. The summed E-state index contributed by atoms with van der Waals surface area (Å²) < 4.78 is 5.39. The highest BCUT2D eigenvalue weighted by Crippen LogP contribution is 2.28. The summed E-state index contributed by atoms with van der Waals surface area (Å²) in [4.78, 5) is 10.3. The van der Waals surface area contributed by atoms with E-state index in [0.717, 1.165) is 12.7 Å². The summed E-state index contributed by atoms with van der Waals surface area (Å²) in [5, 5.41) is 9.86. The number of aldehydes is 1. The van der Waals surface area contributed by atoms with Crippen molar-refractivity contribution in [1.82, 2.24) is 0 Å². The second-order valence-electron chi connectivity index (χ2n) is 3.45. The van der Waals surface area contributed by atoms with E-state index in [1.54, 1.807) is 0 Å². The Morgan fingerprint density at radius 2 is 2.50 bits per heavy atom. The van der Waals surface area contributed by atoms with E-state index in [1.807, 2.05) is 6.92 Å². The summed E-state index contributed by atoms with van der Waals surface area (Å²) in [7, 11) is 0. The maximum absolute atomic E-state index is 10.3. The van der Waals surface area contributed by atoms with Crippen molar-refractivity contribution in [1.29, 1.82) is 0 Å². The molecule has 1 aliphatic heterocycles. The monoisotopic (exact) mass is 172 g/mol. The Hall–Kier alpha value is -0.410. The number of hydrogen-bond donors (Lipinski definition) is 1. The van der Waals surface area contributed by atoms with Gasteiger partial charge in [-0.05, 0) is 6.42 Å². The molecule has 1 N–H and O–H groups in total. The largest absolute Gasteiger partial charge is 0.389 e. The lowest BCUT2D eigenvalue weighted by Crippen LogP contribution is -2.40. The molecule has 0 bridgehead atoms. The Bertz CT molecular complexity index is 158. The van der Waals surface area contributed by atoms with E-state index in [0.29, 0.717) is 19.4 Å². The molecule has 1 fully saturated rings. The van der Waals surface area contributed by atoms with Gasteiger partial charge < -0.3 is 14.6 Å². The fraction of sp³-hybridized carbons (Fsp3) is 0.889. The first-order valence-electron chi connectivity index (χ1n) is 4.48. The van der Waals surface area contributed by atoms with Crippen molar-refractivity contribution in [3.8, 4) is 0 Å². The zero-order chi connectivity index (χ0) is 9.03. The molecule has 1 rings (SSSR count). The van der Waals surface area contributed by atoms with Gasteiger partial charge in [0.2, 0.25) is 0 Å². The van der Waals surface area contributed by atoms with Crippen LogP contribution in [-0.2, 0) is 9.53 Å². The van der Waals surface area contributed by atoms with Crippen LogP contribution in [0.3, 0.4) is 0 Å². The van der Waals surface area contributed by atoms with Crippen LogP contribution < -0.4 is 0 Å². The molecule has 0 aromatic rings. The number of aliphatic hydroxyl groups is 1. The fourth-order valence-corrected chi connectivity index (χ4v) is 1.60. The molecule has 2 unspecified atom stereocenters. The van der Waals surface area contributed by atoms with Crippen LogP contribution >= 0.6 is 0 Å². The topological polar surface area (TPSA) is 46.5 Å². The first-order chi connectivity index (χ1) is 5.70. The van der Waals surface area contributed by atoms with E-state index >= 15 is 0 Å². The second kappa shape index (κ2) is 4.01. The third-order valence-electron chi connectivity index (χ3n) is 2.45. The van der Waals surface area contributed by atoms with E-state index in [4.69, 9.17) is 4.74 Å². The maximum Gasteiger partial charge on any atom is 0.122 e. The van der Waals surface area contributed by atoms with E-state index in [-0.39, 0.29) is 12.5 Å². The van der Waals surface area contributed by atoms with Crippen LogP contribution in [0, 0.1) is 0 Å². The zero-order valence-corrected chi connectivity index (χ0v) is 7.45. The summed E-state index contributed by atoms with van der Waals surface area (Å²) in [5.74, 6) is 0. The first kappa shape index (κ1) is 9.68. The lowest BCUT2D eigenvalue weighted by molar-refractivity contribution is -0.126. The van der Waals surface area contributed by atoms with Gasteiger partial charge in [-0.3, -0.25) is 0 Å². The van der Waals surface area contributed by atoms with Crippen molar-refractivity contribution in [2.45, 2.75) is 44.3 Å². The van der Waals surface area contributed by atoms with Crippen molar-refractivity contribution in [2.24, 2.45) is 0 Å². The molecular formula is C9H16O3. The summed E-state index contributed by atoms with van der Waals surface area (Å²) in [6.45, 7) is 2.60. The van der Waals surface area contributed by atoms with Crippen LogP contribution in [-0.4, -0.2) is 29.7 Å². The number of ether oxygens (including phenoxy) is 1. The van der Waals surface area contributed by atoms with Crippen molar-refractivity contribution < 1.29 is 14.6 Å². The van der Waals surface area contributed by atoms with Gasteiger partial charge in [0, 0.05) is 25.9 Å². The van der Waals surface area contributed by atoms with Crippen LogP contribution in [0.15, 0.2) is 0 Å². The third kappa shape index (κ3) is 2.29. The lowest BCUT2D eigenvalue weighted by atomic mass is 9.87. The molecule has 0 radical (unpaired) electrons. The molecule has 3 nitrogen and oxygen atoms in total. The van der Waals surface area contributed by atoms with Crippen LogP contribution in [0.4, 0.5) is 0 Å². The van der Waals surface area contributed by atoms with Gasteiger partial charge >= 0.3 is 0 Å². The zero-order valence-electron chi connectivity index (χ0n) is 7.45. The van der Waals surface area contributed by atoms with Crippen LogP contribution in [0.5, 0.6) is 0 Å². The fourth-order valence-electron chi connectivity index (χ4n) is 1.60. The standard InChI is InChI=1S/C9H16O3/c1-2-8-7-9(11,3-5-10)4-6-12-8/h5,8,11H,2-4,6-7H2,1H3. The molecule has 0 aromatic heterocycles. The van der Waals surface area contributed by atoms with Crippen molar-refractivity contribution in [3.05, 3.63) is 0 Å². The van der Waals surface area contributed by atoms with Crippen molar-refractivity contribution >= 4 is 6.29 Å². The molecule has 1 aliphatic rings. The molecule has 0 saturated carbocycles. The van der Waals surface area contributed by atoms with E-state index in [2.05, 4.69) is 0 Å². The molecule has 70 valence electrons. The Labute approximate surface area is 72.7 Å². The van der Waals surface area contributed by atoms with Crippen molar-refractivity contribution in [3.63, 3.8) is 0 Å². The van der Waals surface area contributed by atoms with Gasteiger partial charge in [0.25, 0.3) is 0 Å². The predicted octanol–water partition coefficient (Wildman–Crippen LogP) is 0.895. The normalized spacial score (nSPS) is 36.3. The molecule has 12 heavy (non-hydrogen) atoms. The average Bonchev–Trinajstić information content (AvgIpc) is 2.04. The summed E-state index contributed by atoms with van der Waals surface area (Å²) in [6.07, 6.45) is 3.25. The Balaban J connectivity index is 2.48. The minimum atomic E-state index is -0.791. The molecule has 0 spiro atoms. The number of hydrogen-bond acceptors (Lipinski definition) is 3. The van der Waals surface area contributed by atoms with E-state index < -0.39 is 5.60 Å². The molecule has 2 atom stereocenters. The Morgan fingerprint density at radius 3 is 3.08 bits per heavy atom. The smallest absolute Gasteiger partial charge is 0.122 e. The minimum absolute atomic E-state index is 0.128. The average molecular weight is 172 g/mol. The molecule has 0 amide bonds. The minimum Gasteiger partial charge on any atom is -0.389 e. The molecule has 0 aliphatic carbocycles. The van der Waals surface area contributed by atoms with Crippen LogP contribution in [0.1, 0.15) is 32.6 Å². The van der Waals surface area contributed by atoms with Gasteiger partial charge in [0.05, 0.1) is 11.7 Å². The maximum atomic E-state index is 10.3. The highest BCUT2D eigenvalue weighted by Gasteiger charge is 2.33. The third-order valence-corrected chi connectivity index (χ3v) is 2.45. The summed E-state index contributed by atoms with van der Waals surface area (Å²) >= 11 is 0. The number of rotatable bonds is 3. The SMILES string of the molecule is CCC1CC(O)(CC=O)CCO1. The Morgan fingerprint density at radius 1 is 1.75 bits per heavy atom. The molecular weight excluding hydrogens is 156 g/mol. The Kier molecular flexibility index (Phi) is 3.23. The molecule has 0 aromatic carbocycles. The molecule has 1 heterocycles. The van der Waals surface area contributed by atoms with Crippen LogP contribution in [0.25, 0.3) is 0 Å². The van der Waals surface area contributed by atoms with Crippen LogP contribution in [0.2, 0.25) is 0 Å². The van der Waals surface area contributed by atoms with Gasteiger partial charge in [-0.2, -0.15) is 0 Å². The highest BCUT2D eigenvalue weighted by atomic mass is 16.5. The molecule has 3 heteroatoms. The summed E-state index contributed by atoms with van der Waals surface area (Å²) in [6, 6.07) is 0. The van der Waals surface area contributed by atoms with Gasteiger partial charge in [0.15, 0.2) is 0 Å². The highest BCUT2D eigenvalue weighted by molar-refractivity contribution is 5.51. The quantitative estimate of drug-likeness (QED) is 0.643. The predicted molar refractivity (Wildman–Crippen MR) is 44.9 cm³/mol. The van der Waals surface area contributed by atoms with E-state index in [1.165, 1.54) is 0 Å². The summed E-state index contributed by atoms with van der Waals surface area (Å²) in [5.41, 5.74) is -0.791. The van der Waals surface area contributed by atoms with Gasteiger partial charge in [-0.25, -0.2) is 0 Å². The van der Waals surface area contributed by atoms with Gasteiger partial charge in [-0.1, -0.05) is 6.92 Å². The second-order valence-corrected chi connectivity index (χ2v) is 3.45. The number of carbonyl (C=O) groups excluding carboxylic acids is 1. The molecule has 1 saturated heterocycles. The number of carbonyl (C=O) groups is 1.